The monoisotopic (exact) mass is 517 g/mol. The van der Waals surface area contributed by atoms with E-state index < -0.39 is 20.0 Å². The van der Waals surface area contributed by atoms with E-state index in [9.17, 15) is 21.6 Å². The van der Waals surface area contributed by atoms with Gasteiger partial charge in [0.15, 0.2) is 6.61 Å². The first-order chi connectivity index (χ1) is 16.5. The van der Waals surface area contributed by atoms with Gasteiger partial charge in [0.1, 0.15) is 5.75 Å². The van der Waals surface area contributed by atoms with E-state index in [4.69, 9.17) is 4.74 Å². The van der Waals surface area contributed by atoms with E-state index in [1.807, 2.05) is 13.0 Å². The number of benzene rings is 3. The summed E-state index contributed by atoms with van der Waals surface area (Å²) in [5.41, 5.74) is 2.13. The zero-order valence-corrected chi connectivity index (χ0v) is 21.2. The molecule has 0 saturated heterocycles. The van der Waals surface area contributed by atoms with Crippen LogP contribution in [0.5, 0.6) is 5.75 Å². The SMILES string of the molecule is Cc1cccc(NS(=O)(=O)c2ccc(OCC(=O)NCc3ccc(S(=O)(=O)N(C)C)cc3)cc2)c1. The van der Waals surface area contributed by atoms with Crippen molar-refractivity contribution in [1.82, 2.24) is 9.62 Å². The van der Waals surface area contributed by atoms with Gasteiger partial charge in [-0.3, -0.25) is 9.52 Å². The normalized spacial score (nSPS) is 11.8. The highest BCUT2D eigenvalue weighted by Gasteiger charge is 2.17. The Labute approximate surface area is 205 Å². The fourth-order valence-corrected chi connectivity index (χ4v) is 4.98. The maximum atomic E-state index is 12.6. The summed E-state index contributed by atoms with van der Waals surface area (Å²) in [5, 5.41) is 2.69. The number of carbonyl (C=O) groups excluding carboxylic acids is 1. The average Bonchev–Trinajstić information content (AvgIpc) is 2.81. The molecule has 186 valence electrons. The molecular weight excluding hydrogens is 490 g/mol. The van der Waals surface area contributed by atoms with Crippen molar-refractivity contribution in [2.75, 3.05) is 25.4 Å². The lowest BCUT2D eigenvalue weighted by atomic mass is 10.2. The lowest BCUT2D eigenvalue weighted by molar-refractivity contribution is -0.123. The summed E-state index contributed by atoms with van der Waals surface area (Å²) in [6, 6.07) is 19.0. The maximum absolute atomic E-state index is 12.6. The minimum absolute atomic E-state index is 0.0653. The Balaban J connectivity index is 1.50. The number of ether oxygens (including phenoxy) is 1. The molecule has 0 aliphatic heterocycles. The molecule has 35 heavy (non-hydrogen) atoms. The van der Waals surface area contributed by atoms with Gasteiger partial charge in [0.2, 0.25) is 10.0 Å². The third kappa shape index (κ3) is 7.04. The Hall–Kier alpha value is -3.41. The van der Waals surface area contributed by atoms with Gasteiger partial charge in [0, 0.05) is 26.3 Å². The molecule has 0 atom stereocenters. The number of sulfonamides is 2. The van der Waals surface area contributed by atoms with Crippen LogP contribution in [0.3, 0.4) is 0 Å². The molecule has 0 spiro atoms. The van der Waals surface area contributed by atoms with Crippen LogP contribution < -0.4 is 14.8 Å². The van der Waals surface area contributed by atoms with Gasteiger partial charge in [-0.1, -0.05) is 24.3 Å². The van der Waals surface area contributed by atoms with E-state index in [0.29, 0.717) is 11.4 Å². The molecule has 0 aliphatic carbocycles. The molecule has 0 bridgehead atoms. The van der Waals surface area contributed by atoms with E-state index in [2.05, 4.69) is 10.0 Å². The van der Waals surface area contributed by atoms with Gasteiger partial charge < -0.3 is 10.1 Å². The van der Waals surface area contributed by atoms with Gasteiger partial charge in [-0.25, -0.2) is 21.1 Å². The number of carbonyl (C=O) groups is 1. The standard InChI is InChI=1S/C24H27N3O6S2/c1-18-5-4-6-20(15-18)26-34(29,30)22-13-9-21(10-14-22)33-17-24(28)25-16-19-7-11-23(12-8-19)35(31,32)27(2)3/h4-15,26H,16-17H2,1-3H3,(H,25,28). The summed E-state index contributed by atoms with van der Waals surface area (Å²) >= 11 is 0. The molecule has 3 aromatic rings. The fourth-order valence-electron chi connectivity index (χ4n) is 3.03. The van der Waals surface area contributed by atoms with Crippen LogP contribution in [-0.4, -0.2) is 47.8 Å². The Morgan fingerprint density at radius 2 is 1.51 bits per heavy atom. The number of hydrogen-bond acceptors (Lipinski definition) is 6. The molecule has 9 nitrogen and oxygen atoms in total. The van der Waals surface area contributed by atoms with Gasteiger partial charge in [-0.05, 0) is 66.6 Å². The molecule has 0 aliphatic rings. The van der Waals surface area contributed by atoms with Crippen molar-refractivity contribution in [2.45, 2.75) is 23.3 Å². The Morgan fingerprint density at radius 1 is 0.886 bits per heavy atom. The highest BCUT2D eigenvalue weighted by atomic mass is 32.2. The van der Waals surface area contributed by atoms with Crippen LogP contribution >= 0.6 is 0 Å². The van der Waals surface area contributed by atoms with Crippen molar-refractivity contribution in [1.29, 1.82) is 0 Å². The summed E-state index contributed by atoms with van der Waals surface area (Å²) in [4.78, 5) is 12.3. The van der Waals surface area contributed by atoms with Crippen molar-refractivity contribution < 1.29 is 26.4 Å². The van der Waals surface area contributed by atoms with Crippen molar-refractivity contribution in [2.24, 2.45) is 0 Å². The molecule has 0 heterocycles. The van der Waals surface area contributed by atoms with Crippen molar-refractivity contribution in [3.63, 3.8) is 0 Å². The van der Waals surface area contributed by atoms with Crippen LogP contribution in [0.25, 0.3) is 0 Å². The predicted molar refractivity (Wildman–Crippen MR) is 133 cm³/mol. The lowest BCUT2D eigenvalue weighted by Crippen LogP contribution is -2.28. The quantitative estimate of drug-likeness (QED) is 0.427. The van der Waals surface area contributed by atoms with Gasteiger partial charge >= 0.3 is 0 Å². The Bertz CT molecular complexity index is 1390. The second kappa shape index (κ2) is 10.9. The number of amides is 1. The largest absolute Gasteiger partial charge is 0.484 e. The molecule has 3 aromatic carbocycles. The maximum Gasteiger partial charge on any atom is 0.261 e. The van der Waals surface area contributed by atoms with Crippen LogP contribution in [-0.2, 0) is 31.4 Å². The number of aryl methyl sites for hydroxylation is 1. The molecule has 0 unspecified atom stereocenters. The van der Waals surface area contributed by atoms with E-state index in [1.54, 1.807) is 30.3 Å². The molecule has 0 fully saturated rings. The molecule has 0 aromatic heterocycles. The fraction of sp³-hybridized carbons (Fsp3) is 0.208. The van der Waals surface area contributed by atoms with Gasteiger partial charge in [-0.15, -0.1) is 0 Å². The Kier molecular flexibility index (Phi) is 8.15. The minimum Gasteiger partial charge on any atom is -0.484 e. The van der Waals surface area contributed by atoms with Crippen LogP contribution in [0.15, 0.2) is 82.6 Å². The predicted octanol–water partition coefficient (Wildman–Crippen LogP) is 2.74. The third-order valence-corrected chi connectivity index (χ3v) is 8.19. The first-order valence-electron chi connectivity index (χ1n) is 10.6. The lowest BCUT2D eigenvalue weighted by Gasteiger charge is -2.12. The molecule has 0 saturated carbocycles. The van der Waals surface area contributed by atoms with Crippen LogP contribution in [0.2, 0.25) is 0 Å². The van der Waals surface area contributed by atoms with E-state index in [0.717, 1.165) is 15.4 Å². The first kappa shape index (κ1) is 26.2. The van der Waals surface area contributed by atoms with E-state index in [-0.39, 0.29) is 28.8 Å². The number of anilines is 1. The number of rotatable bonds is 10. The molecule has 0 radical (unpaired) electrons. The molecule has 1 amide bonds. The van der Waals surface area contributed by atoms with Crippen LogP contribution in [0, 0.1) is 6.92 Å². The zero-order chi connectivity index (χ0) is 25.6. The number of nitrogens with one attached hydrogen (secondary N) is 2. The minimum atomic E-state index is -3.76. The van der Waals surface area contributed by atoms with Crippen molar-refractivity contribution >= 4 is 31.6 Å². The summed E-state index contributed by atoms with van der Waals surface area (Å²) in [6.45, 7) is 1.81. The molecular formula is C24H27N3O6S2. The average molecular weight is 518 g/mol. The summed E-state index contributed by atoms with van der Waals surface area (Å²) in [5.74, 6) is -0.0410. The highest BCUT2D eigenvalue weighted by molar-refractivity contribution is 7.92. The third-order valence-electron chi connectivity index (χ3n) is 4.97. The van der Waals surface area contributed by atoms with Crippen molar-refractivity contribution in [3.05, 3.63) is 83.9 Å². The Morgan fingerprint density at radius 3 is 2.11 bits per heavy atom. The van der Waals surface area contributed by atoms with Gasteiger partial charge in [0.05, 0.1) is 9.79 Å². The summed E-state index contributed by atoms with van der Waals surface area (Å²) < 4.78 is 58.4. The zero-order valence-electron chi connectivity index (χ0n) is 19.6. The van der Waals surface area contributed by atoms with Crippen LogP contribution in [0.4, 0.5) is 5.69 Å². The number of nitrogens with zero attached hydrogens (tertiary/aromatic N) is 1. The molecule has 3 rings (SSSR count). The van der Waals surface area contributed by atoms with Crippen molar-refractivity contribution in [3.8, 4) is 5.75 Å². The molecule has 2 N–H and O–H groups in total. The second-order valence-electron chi connectivity index (χ2n) is 7.94. The molecule has 11 heteroatoms. The number of hydrogen-bond donors (Lipinski definition) is 2. The second-order valence-corrected chi connectivity index (χ2v) is 11.8. The van der Waals surface area contributed by atoms with Gasteiger partial charge in [-0.2, -0.15) is 0 Å². The first-order valence-corrected chi connectivity index (χ1v) is 13.5. The van der Waals surface area contributed by atoms with E-state index in [1.165, 1.54) is 50.5 Å². The summed E-state index contributed by atoms with van der Waals surface area (Å²) in [6.07, 6.45) is 0. The van der Waals surface area contributed by atoms with Gasteiger partial charge in [0.25, 0.3) is 15.9 Å². The topological polar surface area (TPSA) is 122 Å². The van der Waals surface area contributed by atoms with E-state index >= 15 is 0 Å². The smallest absolute Gasteiger partial charge is 0.261 e. The summed E-state index contributed by atoms with van der Waals surface area (Å²) in [7, 11) is -4.36. The van der Waals surface area contributed by atoms with Crippen LogP contribution in [0.1, 0.15) is 11.1 Å². The highest BCUT2D eigenvalue weighted by Crippen LogP contribution is 2.20.